The van der Waals surface area contributed by atoms with Crippen molar-refractivity contribution in [3.05, 3.63) is 77.9 Å². The fourth-order valence-electron chi connectivity index (χ4n) is 13.1. The fourth-order valence-corrected chi connectivity index (χ4v) is 13.2. The number of likely N-dealkylation sites (tertiary alicyclic amines) is 2. The van der Waals surface area contributed by atoms with Crippen molar-refractivity contribution in [1.82, 2.24) is 58.6 Å². The van der Waals surface area contributed by atoms with Crippen molar-refractivity contribution in [2.45, 2.75) is 155 Å². The number of nitrogen functional groups attached to an aromatic ring is 1. The molecule has 3 N–H and O–H groups in total. The molecule has 6 fully saturated rings. The second kappa shape index (κ2) is 25.8. The Kier molecular flexibility index (Phi) is 18.5. The summed E-state index contributed by atoms with van der Waals surface area (Å²) in [5.74, 6) is 1.52. The molecule has 2 saturated carbocycles. The predicted octanol–water partition coefficient (Wildman–Crippen LogP) is 10.5. The molecule has 25 heteroatoms. The number of fused-ring (bicyclic) bond motifs is 2. The van der Waals surface area contributed by atoms with Gasteiger partial charge in [-0.05, 0) is 141 Å². The minimum Gasteiger partial charge on any atom is -0.444 e. The first-order chi connectivity index (χ1) is 42.2. The van der Waals surface area contributed by atoms with Gasteiger partial charge in [0.1, 0.15) is 45.5 Å². The summed E-state index contributed by atoms with van der Waals surface area (Å²) in [7, 11) is 7.05. The highest BCUT2D eigenvalue weighted by Crippen LogP contribution is 2.45. The Bertz CT molecular complexity index is 3580. The summed E-state index contributed by atoms with van der Waals surface area (Å²) >= 11 is 5.92. The normalized spacial score (nSPS) is 18.6. The van der Waals surface area contributed by atoms with Crippen LogP contribution in [0.15, 0.2) is 61.2 Å². The maximum Gasteiger partial charge on any atom is 0.410 e. The standard InChI is InChI=1S/C32H42N8O4.C18H26N4O3.C14H17ClN4O/c1-31(2,3)44-30(43)38-14-12-32(13-15-38)17-26(41)39(20-32)23-10-11-25(33-19-23)35-29-34-18-21-16-24(28(42)37(4)5)40(27(21)36-29)22-8-6-7-9-22;1-17(2,3)25-16(24)21-8-6-18(7-9-21)10-15(23)22(12-18)13-4-5-14(19)20-11-13;1-18(2)13(20)11-7-9-8-16-14(15)17-12(9)19(11)10-5-3-4-6-10/h10-11,16,18-19,22H,6-9,12-15,17,20H2,1-5H3,(H,33,34,35,36);4-5,11H,6-10,12H2,1-3H3,(H2,19,20);7-8,10H,3-6H2,1-2H3. The lowest BCUT2D eigenvalue weighted by Crippen LogP contribution is -2.46. The number of carbonyl (C=O) groups is 6. The molecule has 6 aromatic rings. The quantitative estimate of drug-likeness (QED) is 0.134. The molecule has 0 bridgehead atoms. The topological polar surface area (TPSA) is 266 Å². The van der Waals surface area contributed by atoms with Crippen LogP contribution < -0.4 is 20.9 Å². The van der Waals surface area contributed by atoms with E-state index in [0.717, 1.165) is 97.6 Å². The molecule has 2 aliphatic carbocycles. The summed E-state index contributed by atoms with van der Waals surface area (Å²) < 4.78 is 15.1. The van der Waals surface area contributed by atoms with Crippen molar-refractivity contribution < 1.29 is 38.2 Å². The largest absolute Gasteiger partial charge is 0.444 e. The van der Waals surface area contributed by atoms with E-state index in [4.69, 9.17) is 31.8 Å². The zero-order valence-electron chi connectivity index (χ0n) is 53.1. The van der Waals surface area contributed by atoms with Gasteiger partial charge in [0.25, 0.3) is 11.8 Å². The molecular formula is C64H85ClN16O8. The second-order valence-corrected chi connectivity index (χ2v) is 27.5. The van der Waals surface area contributed by atoms with Gasteiger partial charge >= 0.3 is 12.2 Å². The summed E-state index contributed by atoms with van der Waals surface area (Å²) in [6.45, 7) is 14.9. The lowest BCUT2D eigenvalue weighted by atomic mass is 9.78. The second-order valence-electron chi connectivity index (χ2n) is 27.2. The highest BCUT2D eigenvalue weighted by molar-refractivity contribution is 6.28. The van der Waals surface area contributed by atoms with Crippen molar-refractivity contribution in [3.8, 4) is 0 Å². The zero-order chi connectivity index (χ0) is 63.7. The van der Waals surface area contributed by atoms with Crippen molar-refractivity contribution in [1.29, 1.82) is 0 Å². The predicted molar refractivity (Wildman–Crippen MR) is 340 cm³/mol. The highest BCUT2D eigenvalue weighted by Gasteiger charge is 2.48. The van der Waals surface area contributed by atoms with Crippen LogP contribution in [0.4, 0.5) is 38.5 Å². The maximum atomic E-state index is 13.1. The van der Waals surface area contributed by atoms with Gasteiger partial charge in [-0.2, -0.15) is 9.97 Å². The number of ether oxygens (including phenoxy) is 2. The van der Waals surface area contributed by atoms with Crippen molar-refractivity contribution in [2.24, 2.45) is 10.8 Å². The third kappa shape index (κ3) is 14.6. The van der Waals surface area contributed by atoms with E-state index in [1.54, 1.807) is 88.4 Å². The molecule has 24 nitrogen and oxygen atoms in total. The molecule has 476 valence electrons. The van der Waals surface area contributed by atoms with E-state index < -0.39 is 11.2 Å². The number of aromatic nitrogens is 8. The van der Waals surface area contributed by atoms with Crippen LogP contribution in [0.5, 0.6) is 0 Å². The Morgan fingerprint density at radius 2 is 1.02 bits per heavy atom. The first-order valence-corrected chi connectivity index (χ1v) is 31.4. The number of amides is 6. The van der Waals surface area contributed by atoms with Gasteiger partial charge in [0.2, 0.25) is 23.0 Å². The van der Waals surface area contributed by atoms with Gasteiger partial charge in [0.05, 0.1) is 23.8 Å². The number of hydrogen-bond acceptors (Lipinski definition) is 16. The minimum atomic E-state index is -0.532. The minimum absolute atomic E-state index is 0.00831. The number of carbonyl (C=O) groups excluding carboxylic acids is 6. The third-order valence-corrected chi connectivity index (χ3v) is 17.9. The van der Waals surface area contributed by atoms with Crippen LogP contribution in [0.1, 0.15) is 164 Å². The van der Waals surface area contributed by atoms with Crippen LogP contribution in [0.25, 0.3) is 22.1 Å². The molecule has 10 heterocycles. The Morgan fingerprint density at radius 1 is 0.596 bits per heavy atom. The molecule has 0 atom stereocenters. The van der Waals surface area contributed by atoms with Gasteiger partial charge in [0.15, 0.2) is 0 Å². The first kappa shape index (κ1) is 63.9. The average Bonchev–Trinajstić information content (AvgIpc) is 2.95. The molecule has 6 aromatic heterocycles. The van der Waals surface area contributed by atoms with Gasteiger partial charge in [-0.15, -0.1) is 0 Å². The van der Waals surface area contributed by atoms with E-state index in [9.17, 15) is 28.8 Å². The van der Waals surface area contributed by atoms with Crippen LogP contribution in [-0.4, -0.2) is 173 Å². The first-order valence-electron chi connectivity index (χ1n) is 31.0. The molecule has 89 heavy (non-hydrogen) atoms. The lowest BCUT2D eigenvalue weighted by Gasteiger charge is -2.39. The summed E-state index contributed by atoms with van der Waals surface area (Å²) in [5, 5.41) is 5.11. The smallest absolute Gasteiger partial charge is 0.410 e. The summed E-state index contributed by atoms with van der Waals surface area (Å²) in [6.07, 6.45) is 19.2. The Balaban J connectivity index is 0.000000163. The van der Waals surface area contributed by atoms with Crippen LogP contribution in [0, 0.1) is 10.8 Å². The van der Waals surface area contributed by atoms with Crippen LogP contribution >= 0.6 is 11.6 Å². The molecule has 12 rings (SSSR count). The summed E-state index contributed by atoms with van der Waals surface area (Å²) in [5.41, 5.74) is 8.70. The van der Waals surface area contributed by atoms with E-state index in [1.807, 2.05) is 71.9 Å². The maximum absolute atomic E-state index is 13.1. The van der Waals surface area contributed by atoms with Gasteiger partial charge in [-0.1, -0.05) is 25.7 Å². The number of nitrogens with zero attached hydrogens (tertiary/aromatic N) is 14. The van der Waals surface area contributed by atoms with Gasteiger partial charge < -0.3 is 59.1 Å². The number of piperidine rings is 2. The highest BCUT2D eigenvalue weighted by atomic mass is 35.5. The number of nitrogens with one attached hydrogen (secondary N) is 1. The van der Waals surface area contributed by atoms with Gasteiger partial charge in [0, 0.05) is 126 Å². The molecule has 0 unspecified atom stereocenters. The van der Waals surface area contributed by atoms with Crippen molar-refractivity contribution in [3.63, 3.8) is 0 Å². The van der Waals surface area contributed by atoms with E-state index in [2.05, 4.69) is 39.4 Å². The number of nitrogens with two attached hydrogens (primary N) is 1. The zero-order valence-corrected chi connectivity index (χ0v) is 53.8. The van der Waals surface area contributed by atoms with Gasteiger partial charge in [-0.3, -0.25) is 19.2 Å². The van der Waals surface area contributed by atoms with Crippen molar-refractivity contribution in [2.75, 3.05) is 88.3 Å². The summed E-state index contributed by atoms with van der Waals surface area (Å²) in [6, 6.07) is 11.6. The Labute approximate surface area is 524 Å². The number of pyridine rings is 2. The molecule has 0 radical (unpaired) electrons. The molecule has 2 spiro atoms. The average molecular weight is 1240 g/mol. The van der Waals surface area contributed by atoms with E-state index in [1.165, 1.54) is 12.8 Å². The third-order valence-electron chi connectivity index (χ3n) is 17.7. The van der Waals surface area contributed by atoms with Crippen LogP contribution in [0.3, 0.4) is 0 Å². The molecule has 6 aliphatic rings. The number of rotatable bonds is 8. The SMILES string of the molecule is CC(C)(C)OC(=O)N1CCC2(CC1)CC(=O)N(c1ccc(N)nc1)C2.CN(C)C(=O)c1cc2cnc(Cl)nc2n1C1CCCC1.CN(C)C(=O)c1cc2cnc(Nc3ccc(N4CC5(CCN(C(=O)OC(C)(C)C)CC5)CC4=O)cn3)nc2n1C1CCCC1. The number of anilines is 5. The van der Waals surface area contributed by atoms with Crippen molar-refractivity contribution >= 4 is 98.4 Å². The van der Waals surface area contributed by atoms with Gasteiger partial charge in [-0.25, -0.2) is 29.5 Å². The lowest BCUT2D eigenvalue weighted by molar-refractivity contribution is -0.118. The van der Waals surface area contributed by atoms with E-state index in [0.29, 0.717) is 87.1 Å². The molecular weight excluding hydrogens is 1160 g/mol. The fraction of sp³-hybridized carbons (Fsp3) is 0.562. The molecule has 6 amide bonds. The Morgan fingerprint density at radius 3 is 1.43 bits per heavy atom. The number of hydrogen-bond donors (Lipinski definition) is 2. The molecule has 4 aliphatic heterocycles. The summed E-state index contributed by atoms with van der Waals surface area (Å²) in [4.78, 5) is 112. The monoisotopic (exact) mass is 1240 g/mol. The molecule has 4 saturated heterocycles. The van der Waals surface area contributed by atoms with Crippen LogP contribution in [-0.2, 0) is 19.1 Å². The molecule has 0 aromatic carbocycles. The Hall–Kier alpha value is -8.15. The number of halogens is 1. The van der Waals surface area contributed by atoms with E-state index >= 15 is 0 Å². The van der Waals surface area contributed by atoms with Crippen LogP contribution in [0.2, 0.25) is 5.28 Å². The van der Waals surface area contributed by atoms with E-state index in [-0.39, 0.29) is 58.0 Å².